The zero-order chi connectivity index (χ0) is 18.1. The topological polar surface area (TPSA) is 39.7 Å². The Morgan fingerprint density at radius 3 is 2.48 bits per heavy atom. The molecule has 1 aromatic rings. The number of aryl methyl sites for hydroxylation is 1. The summed E-state index contributed by atoms with van der Waals surface area (Å²) in [5.74, 6) is 2.16. The Balaban J connectivity index is 1.69. The summed E-state index contributed by atoms with van der Waals surface area (Å²) < 4.78 is 0. The van der Waals surface area contributed by atoms with Crippen molar-refractivity contribution in [3.8, 4) is 0 Å². The Labute approximate surface area is 154 Å². The van der Waals surface area contributed by atoms with E-state index in [-0.39, 0.29) is 0 Å². The van der Waals surface area contributed by atoms with Gasteiger partial charge in [0.25, 0.3) is 0 Å². The van der Waals surface area contributed by atoms with Crippen LogP contribution < -0.4 is 10.6 Å². The second-order valence-electron chi connectivity index (χ2n) is 7.43. The molecular weight excluding hydrogens is 308 g/mol. The van der Waals surface area contributed by atoms with Gasteiger partial charge in [-0.25, -0.2) is 0 Å². The molecule has 1 unspecified atom stereocenters. The third-order valence-corrected chi connectivity index (χ3v) is 5.25. The van der Waals surface area contributed by atoms with E-state index in [2.05, 4.69) is 65.6 Å². The minimum Gasteiger partial charge on any atom is -0.356 e. The minimum atomic E-state index is 0.469. The lowest BCUT2D eigenvalue weighted by molar-refractivity contribution is 0.185. The maximum atomic E-state index is 4.38. The van der Waals surface area contributed by atoms with Crippen LogP contribution in [0, 0.1) is 12.8 Å². The zero-order valence-corrected chi connectivity index (χ0v) is 16.5. The highest BCUT2D eigenvalue weighted by Gasteiger charge is 2.18. The molecule has 0 aliphatic carbocycles. The van der Waals surface area contributed by atoms with Crippen LogP contribution in [0.1, 0.15) is 50.2 Å². The predicted molar refractivity (Wildman–Crippen MR) is 108 cm³/mol. The summed E-state index contributed by atoms with van der Waals surface area (Å²) in [5, 5.41) is 7.00. The number of rotatable bonds is 7. The normalized spacial score (nSPS) is 18.2. The van der Waals surface area contributed by atoms with Crippen molar-refractivity contribution in [2.24, 2.45) is 10.9 Å². The van der Waals surface area contributed by atoms with E-state index in [1.165, 1.54) is 50.0 Å². The average Bonchev–Trinajstić information content (AvgIpc) is 2.63. The van der Waals surface area contributed by atoms with Gasteiger partial charge in [-0.1, -0.05) is 43.7 Å². The Kier molecular flexibility index (Phi) is 8.26. The van der Waals surface area contributed by atoms with Gasteiger partial charge in [0.1, 0.15) is 0 Å². The predicted octanol–water partition coefficient (Wildman–Crippen LogP) is 3.39. The van der Waals surface area contributed by atoms with Crippen molar-refractivity contribution in [1.82, 2.24) is 15.5 Å². The van der Waals surface area contributed by atoms with Gasteiger partial charge in [-0.05, 0) is 63.2 Å². The molecular formula is C21H36N4. The molecule has 0 bridgehead atoms. The van der Waals surface area contributed by atoms with Gasteiger partial charge in [-0.3, -0.25) is 4.99 Å². The highest BCUT2D eigenvalue weighted by atomic mass is 15.2. The third-order valence-electron chi connectivity index (χ3n) is 5.25. The van der Waals surface area contributed by atoms with Gasteiger partial charge in [0, 0.05) is 20.1 Å². The van der Waals surface area contributed by atoms with E-state index in [4.69, 9.17) is 0 Å². The van der Waals surface area contributed by atoms with Crippen LogP contribution in [0.4, 0.5) is 0 Å². The molecule has 140 valence electrons. The van der Waals surface area contributed by atoms with E-state index < -0.39 is 0 Å². The van der Waals surface area contributed by atoms with E-state index in [1.807, 2.05) is 7.05 Å². The first-order chi connectivity index (χ1) is 12.1. The van der Waals surface area contributed by atoms with Crippen LogP contribution >= 0.6 is 0 Å². The van der Waals surface area contributed by atoms with Crippen molar-refractivity contribution >= 4 is 5.96 Å². The molecule has 1 aliphatic heterocycles. The molecule has 2 N–H and O–H groups in total. The standard InChI is InChI=1S/C21H36N4/c1-5-12-25-13-10-19(11-14-25)16-24-21(22-4)23-15-18(3)20-8-6-17(2)7-9-20/h6-9,18-19H,5,10-16H2,1-4H3,(H2,22,23,24). The maximum Gasteiger partial charge on any atom is 0.191 e. The molecule has 1 fully saturated rings. The Morgan fingerprint density at radius 1 is 1.20 bits per heavy atom. The first kappa shape index (κ1) is 19.8. The van der Waals surface area contributed by atoms with Crippen LogP contribution in [0.3, 0.4) is 0 Å². The van der Waals surface area contributed by atoms with Crippen molar-refractivity contribution in [3.05, 3.63) is 35.4 Å². The van der Waals surface area contributed by atoms with Gasteiger partial charge in [0.2, 0.25) is 0 Å². The number of piperidine rings is 1. The molecule has 1 heterocycles. The fraction of sp³-hybridized carbons (Fsp3) is 0.667. The number of hydrogen-bond donors (Lipinski definition) is 2. The van der Waals surface area contributed by atoms with Crippen LogP contribution in [0.2, 0.25) is 0 Å². The summed E-state index contributed by atoms with van der Waals surface area (Å²) in [5.41, 5.74) is 2.68. The van der Waals surface area contributed by atoms with Gasteiger partial charge in [0.15, 0.2) is 5.96 Å². The van der Waals surface area contributed by atoms with Gasteiger partial charge >= 0.3 is 0 Å². The molecule has 0 amide bonds. The molecule has 1 aromatic carbocycles. The van der Waals surface area contributed by atoms with Gasteiger partial charge in [-0.2, -0.15) is 0 Å². The number of hydrogen-bond acceptors (Lipinski definition) is 2. The van der Waals surface area contributed by atoms with Crippen LogP contribution in [0.25, 0.3) is 0 Å². The first-order valence-corrected chi connectivity index (χ1v) is 9.85. The van der Waals surface area contributed by atoms with Crippen molar-refractivity contribution < 1.29 is 0 Å². The average molecular weight is 345 g/mol. The van der Waals surface area contributed by atoms with E-state index in [0.29, 0.717) is 5.92 Å². The lowest BCUT2D eigenvalue weighted by Gasteiger charge is -2.32. The second kappa shape index (κ2) is 10.4. The lowest BCUT2D eigenvalue weighted by atomic mass is 9.97. The Hall–Kier alpha value is -1.55. The molecule has 1 aliphatic rings. The zero-order valence-electron chi connectivity index (χ0n) is 16.5. The molecule has 0 radical (unpaired) electrons. The van der Waals surface area contributed by atoms with Crippen LogP contribution in [-0.2, 0) is 0 Å². The highest BCUT2D eigenvalue weighted by Crippen LogP contribution is 2.17. The Morgan fingerprint density at radius 2 is 1.88 bits per heavy atom. The van der Waals surface area contributed by atoms with E-state index in [0.717, 1.165) is 25.0 Å². The minimum absolute atomic E-state index is 0.469. The third kappa shape index (κ3) is 6.69. The number of guanidine groups is 1. The van der Waals surface area contributed by atoms with Gasteiger partial charge < -0.3 is 15.5 Å². The molecule has 0 aromatic heterocycles. The highest BCUT2D eigenvalue weighted by molar-refractivity contribution is 5.79. The molecule has 0 spiro atoms. The van der Waals surface area contributed by atoms with Crippen molar-refractivity contribution in [3.63, 3.8) is 0 Å². The molecule has 0 saturated carbocycles. The summed E-state index contributed by atoms with van der Waals surface area (Å²) in [6.45, 7) is 12.3. The molecule has 2 rings (SSSR count). The van der Waals surface area contributed by atoms with Crippen molar-refractivity contribution in [2.75, 3.05) is 39.8 Å². The van der Waals surface area contributed by atoms with Gasteiger partial charge in [-0.15, -0.1) is 0 Å². The smallest absolute Gasteiger partial charge is 0.191 e. The largest absolute Gasteiger partial charge is 0.356 e. The fourth-order valence-corrected chi connectivity index (χ4v) is 3.45. The van der Waals surface area contributed by atoms with E-state index in [9.17, 15) is 0 Å². The second-order valence-corrected chi connectivity index (χ2v) is 7.43. The summed E-state index contributed by atoms with van der Waals surface area (Å²) in [6.07, 6.45) is 3.85. The number of likely N-dealkylation sites (tertiary alicyclic amines) is 1. The lowest BCUT2D eigenvalue weighted by Crippen LogP contribution is -2.43. The fourth-order valence-electron chi connectivity index (χ4n) is 3.45. The van der Waals surface area contributed by atoms with Gasteiger partial charge in [0.05, 0.1) is 0 Å². The van der Waals surface area contributed by atoms with E-state index in [1.54, 1.807) is 0 Å². The van der Waals surface area contributed by atoms with Crippen LogP contribution in [-0.4, -0.2) is 50.6 Å². The van der Waals surface area contributed by atoms with Crippen molar-refractivity contribution in [1.29, 1.82) is 0 Å². The van der Waals surface area contributed by atoms with Crippen molar-refractivity contribution in [2.45, 2.75) is 46.0 Å². The molecule has 4 nitrogen and oxygen atoms in total. The molecule has 25 heavy (non-hydrogen) atoms. The molecule has 4 heteroatoms. The first-order valence-electron chi connectivity index (χ1n) is 9.85. The maximum absolute atomic E-state index is 4.38. The van der Waals surface area contributed by atoms with Crippen LogP contribution in [0.5, 0.6) is 0 Å². The van der Waals surface area contributed by atoms with Crippen LogP contribution in [0.15, 0.2) is 29.3 Å². The molecule has 1 saturated heterocycles. The number of benzene rings is 1. The quantitative estimate of drug-likeness (QED) is 0.588. The summed E-state index contributed by atoms with van der Waals surface area (Å²) >= 11 is 0. The molecule has 1 atom stereocenters. The van der Waals surface area contributed by atoms with E-state index >= 15 is 0 Å². The number of nitrogens with zero attached hydrogens (tertiary/aromatic N) is 2. The summed E-state index contributed by atoms with van der Waals surface area (Å²) in [6, 6.07) is 8.82. The SMILES string of the molecule is CCCN1CCC(CNC(=NC)NCC(C)c2ccc(C)cc2)CC1. The summed E-state index contributed by atoms with van der Waals surface area (Å²) in [4.78, 5) is 6.97. The monoisotopic (exact) mass is 344 g/mol. The number of nitrogens with one attached hydrogen (secondary N) is 2. The Bertz CT molecular complexity index is 515. The number of aliphatic imine (C=N–C) groups is 1. The summed E-state index contributed by atoms with van der Waals surface area (Å²) in [7, 11) is 1.86.